The fraction of sp³-hybridized carbons (Fsp3) is 0.524. The maximum atomic E-state index is 13.0. The molecule has 2 heterocycles. The zero-order valence-electron chi connectivity index (χ0n) is 15.7. The van der Waals surface area contributed by atoms with Crippen LogP contribution in [0.3, 0.4) is 0 Å². The van der Waals surface area contributed by atoms with E-state index in [2.05, 4.69) is 21.3 Å². The number of amides is 1. The third kappa shape index (κ3) is 3.28. The van der Waals surface area contributed by atoms with Crippen molar-refractivity contribution in [1.82, 2.24) is 15.2 Å². The first-order chi connectivity index (χ1) is 12.5. The Morgan fingerprint density at radius 3 is 2.81 bits per heavy atom. The van der Waals surface area contributed by atoms with Crippen molar-refractivity contribution in [2.45, 2.75) is 58.5 Å². The van der Waals surface area contributed by atoms with Gasteiger partial charge in [0.2, 0.25) is 5.91 Å². The maximum Gasteiger partial charge on any atom is 0.234 e. The molecule has 1 fully saturated rings. The van der Waals surface area contributed by atoms with E-state index >= 15 is 0 Å². The number of hydrogen-bond donors (Lipinski definition) is 2. The lowest BCUT2D eigenvalue weighted by molar-refractivity contribution is -0.123. The number of rotatable bonds is 3. The topological polar surface area (TPSA) is 65.2 Å². The Morgan fingerprint density at radius 1 is 1.27 bits per heavy atom. The Balaban J connectivity index is 1.55. The van der Waals surface area contributed by atoms with Crippen molar-refractivity contribution in [2.24, 2.45) is 0 Å². The molecule has 0 saturated heterocycles. The van der Waals surface area contributed by atoms with Gasteiger partial charge in [0, 0.05) is 42.2 Å². The summed E-state index contributed by atoms with van der Waals surface area (Å²) in [6.45, 7) is 5.79. The van der Waals surface area contributed by atoms with Crippen LogP contribution in [-0.2, 0) is 17.8 Å². The quantitative estimate of drug-likeness (QED) is 0.891. The van der Waals surface area contributed by atoms with Gasteiger partial charge in [0.1, 0.15) is 0 Å². The fourth-order valence-corrected chi connectivity index (χ4v) is 4.47. The van der Waals surface area contributed by atoms with E-state index in [1.54, 1.807) is 0 Å². The molecule has 1 aromatic carbocycles. The van der Waals surface area contributed by atoms with Crippen LogP contribution in [0.5, 0.6) is 0 Å². The van der Waals surface area contributed by atoms with E-state index < -0.39 is 0 Å². The molecule has 0 atom stereocenters. The summed E-state index contributed by atoms with van der Waals surface area (Å²) >= 11 is 0. The first-order valence-corrected chi connectivity index (χ1v) is 9.68. The molecule has 1 saturated carbocycles. The van der Waals surface area contributed by atoms with Crippen molar-refractivity contribution in [2.75, 3.05) is 13.1 Å². The molecule has 5 nitrogen and oxygen atoms in total. The highest BCUT2D eigenvalue weighted by molar-refractivity contribution is 5.83. The number of nitrogens with one attached hydrogen (secondary N) is 2. The molecule has 4 rings (SSSR count). The molecule has 2 aliphatic rings. The maximum absolute atomic E-state index is 13.0. The molecule has 0 spiro atoms. The van der Waals surface area contributed by atoms with Crippen LogP contribution in [0.1, 0.15) is 48.1 Å². The van der Waals surface area contributed by atoms with Gasteiger partial charge in [-0.25, -0.2) is 0 Å². The Bertz CT molecular complexity index is 910. The summed E-state index contributed by atoms with van der Waals surface area (Å²) in [5, 5.41) is 3.91. The monoisotopic (exact) mass is 353 g/mol. The van der Waals surface area contributed by atoms with Crippen molar-refractivity contribution in [3.05, 3.63) is 44.7 Å². The SMILES string of the molecule is Cc1cc(C)c2[nH]c3c(c(=O)c2c1)CN(CC(=O)NC1CCCC1)CC3. The lowest BCUT2D eigenvalue weighted by Gasteiger charge is -2.28. The van der Waals surface area contributed by atoms with E-state index in [1.165, 1.54) is 12.8 Å². The van der Waals surface area contributed by atoms with Crippen LogP contribution in [0, 0.1) is 13.8 Å². The summed E-state index contributed by atoms with van der Waals surface area (Å²) < 4.78 is 0. The number of hydrogen-bond acceptors (Lipinski definition) is 3. The van der Waals surface area contributed by atoms with Crippen molar-refractivity contribution in [1.29, 1.82) is 0 Å². The smallest absolute Gasteiger partial charge is 0.234 e. The minimum absolute atomic E-state index is 0.0873. The standard InChI is InChI=1S/C21H27N3O2/c1-13-9-14(2)20-16(10-13)21(26)17-11-24(8-7-18(17)23-20)12-19(25)22-15-5-3-4-6-15/h9-10,15H,3-8,11-12H2,1-2H3,(H,22,25)(H,23,26). The zero-order valence-corrected chi connectivity index (χ0v) is 15.7. The summed E-state index contributed by atoms with van der Waals surface area (Å²) in [4.78, 5) is 31.0. The summed E-state index contributed by atoms with van der Waals surface area (Å²) in [6, 6.07) is 4.42. The summed E-state index contributed by atoms with van der Waals surface area (Å²) in [7, 11) is 0. The Labute approximate surface area is 153 Å². The van der Waals surface area contributed by atoms with Gasteiger partial charge in [0.05, 0.1) is 12.1 Å². The van der Waals surface area contributed by atoms with Crippen LogP contribution >= 0.6 is 0 Å². The number of carbonyl (C=O) groups excluding carboxylic acids is 1. The number of aryl methyl sites for hydroxylation is 2. The average Bonchev–Trinajstić information content (AvgIpc) is 3.09. The van der Waals surface area contributed by atoms with Crippen molar-refractivity contribution >= 4 is 16.8 Å². The Morgan fingerprint density at radius 2 is 2.04 bits per heavy atom. The largest absolute Gasteiger partial charge is 0.358 e. The summed E-state index contributed by atoms with van der Waals surface area (Å²) in [6.07, 6.45) is 5.40. The number of nitrogens with zero attached hydrogens (tertiary/aromatic N) is 1. The minimum Gasteiger partial charge on any atom is -0.358 e. The van der Waals surface area contributed by atoms with Crippen LogP contribution in [0.25, 0.3) is 10.9 Å². The van der Waals surface area contributed by atoms with Crippen molar-refractivity contribution in [3.63, 3.8) is 0 Å². The second-order valence-electron chi connectivity index (χ2n) is 7.93. The molecule has 0 radical (unpaired) electrons. The first-order valence-electron chi connectivity index (χ1n) is 9.68. The minimum atomic E-state index is 0.0873. The number of pyridine rings is 1. The molecule has 138 valence electrons. The van der Waals surface area contributed by atoms with Gasteiger partial charge in [-0.3, -0.25) is 14.5 Å². The highest BCUT2D eigenvalue weighted by Crippen LogP contribution is 2.22. The van der Waals surface area contributed by atoms with Crippen LogP contribution < -0.4 is 10.7 Å². The van der Waals surface area contributed by atoms with E-state index in [-0.39, 0.29) is 11.3 Å². The predicted molar refractivity (Wildman–Crippen MR) is 103 cm³/mol. The number of aromatic nitrogens is 1. The molecular formula is C21H27N3O2. The second-order valence-corrected chi connectivity index (χ2v) is 7.93. The summed E-state index contributed by atoms with van der Waals surface area (Å²) in [5.74, 6) is 0.0873. The fourth-order valence-electron chi connectivity index (χ4n) is 4.47. The van der Waals surface area contributed by atoms with Gasteiger partial charge in [-0.2, -0.15) is 0 Å². The summed E-state index contributed by atoms with van der Waals surface area (Å²) in [5.41, 5.74) is 5.12. The number of fused-ring (bicyclic) bond motifs is 2. The molecule has 26 heavy (non-hydrogen) atoms. The van der Waals surface area contributed by atoms with Gasteiger partial charge in [-0.1, -0.05) is 18.9 Å². The molecule has 1 aromatic heterocycles. The van der Waals surface area contributed by atoms with Crippen molar-refractivity contribution in [3.8, 4) is 0 Å². The van der Waals surface area contributed by atoms with E-state index in [0.29, 0.717) is 19.1 Å². The number of carbonyl (C=O) groups is 1. The van der Waals surface area contributed by atoms with Gasteiger partial charge in [0.25, 0.3) is 0 Å². The average molecular weight is 353 g/mol. The predicted octanol–water partition coefficient (Wildman–Crippen LogP) is 2.56. The molecular weight excluding hydrogens is 326 g/mol. The van der Waals surface area contributed by atoms with Crippen LogP contribution in [-0.4, -0.2) is 34.9 Å². The van der Waals surface area contributed by atoms with E-state index in [4.69, 9.17) is 0 Å². The molecule has 5 heteroatoms. The van der Waals surface area contributed by atoms with E-state index in [1.807, 2.05) is 19.9 Å². The molecule has 0 unspecified atom stereocenters. The highest BCUT2D eigenvalue weighted by Gasteiger charge is 2.24. The Hall–Kier alpha value is -2.14. The normalized spacial score (nSPS) is 18.2. The van der Waals surface area contributed by atoms with Gasteiger partial charge in [-0.15, -0.1) is 0 Å². The number of aromatic amines is 1. The Kier molecular flexibility index (Phi) is 4.57. The van der Waals surface area contributed by atoms with Crippen molar-refractivity contribution < 1.29 is 4.79 Å². The zero-order chi connectivity index (χ0) is 18.3. The lowest BCUT2D eigenvalue weighted by Crippen LogP contribution is -2.44. The molecule has 1 aliphatic carbocycles. The lowest BCUT2D eigenvalue weighted by atomic mass is 9.99. The van der Waals surface area contributed by atoms with Gasteiger partial charge < -0.3 is 10.3 Å². The third-order valence-electron chi connectivity index (χ3n) is 5.79. The van der Waals surface area contributed by atoms with Gasteiger partial charge in [0.15, 0.2) is 5.43 Å². The molecule has 1 amide bonds. The van der Waals surface area contributed by atoms with Gasteiger partial charge in [-0.05, 0) is 43.9 Å². The number of H-pyrrole nitrogens is 1. The third-order valence-corrected chi connectivity index (χ3v) is 5.79. The highest BCUT2D eigenvalue weighted by atomic mass is 16.2. The van der Waals surface area contributed by atoms with E-state index in [9.17, 15) is 9.59 Å². The van der Waals surface area contributed by atoms with E-state index in [0.717, 1.165) is 59.1 Å². The number of benzene rings is 1. The molecule has 2 N–H and O–H groups in total. The first kappa shape index (κ1) is 17.3. The molecule has 1 aliphatic heterocycles. The van der Waals surface area contributed by atoms with Crippen LogP contribution in [0.4, 0.5) is 0 Å². The van der Waals surface area contributed by atoms with Crippen LogP contribution in [0.15, 0.2) is 16.9 Å². The molecule has 2 aromatic rings. The van der Waals surface area contributed by atoms with Crippen LogP contribution in [0.2, 0.25) is 0 Å². The van der Waals surface area contributed by atoms with Gasteiger partial charge >= 0.3 is 0 Å². The molecule has 0 bridgehead atoms. The second kappa shape index (κ2) is 6.88.